The quantitative estimate of drug-likeness (QED) is 0.829. The molecule has 0 fully saturated rings. The van der Waals surface area contributed by atoms with Gasteiger partial charge < -0.3 is 10.1 Å². The highest BCUT2D eigenvalue weighted by atomic mass is 32.1. The number of amides is 1. The lowest BCUT2D eigenvalue weighted by Crippen LogP contribution is -2.41. The van der Waals surface area contributed by atoms with Crippen molar-refractivity contribution in [2.75, 3.05) is 6.61 Å². The van der Waals surface area contributed by atoms with Gasteiger partial charge in [0, 0.05) is 6.42 Å². The molecule has 114 valence electrons. The van der Waals surface area contributed by atoms with Crippen molar-refractivity contribution in [2.45, 2.75) is 25.8 Å². The molecule has 2 aromatic rings. The normalized spacial score (nSPS) is 10.8. The minimum Gasteiger partial charge on any atom is -0.492 e. The summed E-state index contributed by atoms with van der Waals surface area (Å²) < 4.78 is 5.75. The zero-order chi connectivity index (χ0) is 16.0. The summed E-state index contributed by atoms with van der Waals surface area (Å²) in [6.07, 6.45) is 6.20. The number of thiophene rings is 1. The van der Waals surface area contributed by atoms with E-state index in [1.807, 2.05) is 29.6 Å². The van der Waals surface area contributed by atoms with Crippen LogP contribution in [0.2, 0.25) is 0 Å². The number of hydrogen-bond acceptors (Lipinski definition) is 3. The van der Waals surface area contributed by atoms with Crippen LogP contribution in [0.5, 0.6) is 5.75 Å². The molecule has 3 nitrogen and oxygen atoms in total. The number of ether oxygens (including phenoxy) is 1. The van der Waals surface area contributed by atoms with E-state index in [9.17, 15) is 4.79 Å². The van der Waals surface area contributed by atoms with Gasteiger partial charge in [0.1, 0.15) is 10.6 Å². The van der Waals surface area contributed by atoms with Gasteiger partial charge in [-0.3, -0.25) is 4.79 Å². The molecule has 1 aromatic carbocycles. The van der Waals surface area contributed by atoms with Gasteiger partial charge in [0.05, 0.1) is 12.1 Å². The molecule has 0 spiro atoms. The molecule has 1 amide bonds. The van der Waals surface area contributed by atoms with Crippen molar-refractivity contribution in [3.63, 3.8) is 0 Å². The Morgan fingerprint density at radius 2 is 2.05 bits per heavy atom. The third kappa shape index (κ3) is 4.37. The van der Waals surface area contributed by atoms with Crippen molar-refractivity contribution >= 4 is 17.2 Å². The van der Waals surface area contributed by atoms with E-state index >= 15 is 0 Å². The summed E-state index contributed by atoms with van der Waals surface area (Å²) in [7, 11) is 0. The second kappa shape index (κ2) is 7.15. The van der Waals surface area contributed by atoms with Crippen LogP contribution in [0.4, 0.5) is 0 Å². The molecule has 0 bridgehead atoms. The van der Waals surface area contributed by atoms with Gasteiger partial charge in [0.15, 0.2) is 0 Å². The van der Waals surface area contributed by atoms with E-state index in [1.165, 1.54) is 16.9 Å². The SMILES string of the molecule is C#CC(C)(C)NC(=O)c1sccc1OCCc1ccccc1. The molecule has 0 aliphatic heterocycles. The number of carbonyl (C=O) groups is 1. The molecule has 0 atom stereocenters. The summed E-state index contributed by atoms with van der Waals surface area (Å²) >= 11 is 1.35. The summed E-state index contributed by atoms with van der Waals surface area (Å²) in [4.78, 5) is 12.8. The van der Waals surface area contributed by atoms with Crippen molar-refractivity contribution in [1.82, 2.24) is 5.32 Å². The Morgan fingerprint density at radius 3 is 2.73 bits per heavy atom. The second-order valence-corrected chi connectivity index (χ2v) is 6.34. The highest BCUT2D eigenvalue weighted by Gasteiger charge is 2.21. The molecule has 0 aliphatic rings. The number of hydrogen-bond donors (Lipinski definition) is 1. The van der Waals surface area contributed by atoms with Crippen LogP contribution in [-0.4, -0.2) is 18.1 Å². The summed E-state index contributed by atoms with van der Waals surface area (Å²) in [6.45, 7) is 4.10. The van der Waals surface area contributed by atoms with E-state index in [0.29, 0.717) is 17.2 Å². The average Bonchev–Trinajstić information content (AvgIpc) is 2.96. The molecular weight excluding hydrogens is 294 g/mol. The van der Waals surface area contributed by atoms with Crippen molar-refractivity contribution in [2.24, 2.45) is 0 Å². The van der Waals surface area contributed by atoms with Gasteiger partial charge in [0.2, 0.25) is 0 Å². The van der Waals surface area contributed by atoms with E-state index in [4.69, 9.17) is 11.2 Å². The van der Waals surface area contributed by atoms with Crippen LogP contribution in [0.15, 0.2) is 41.8 Å². The fraction of sp³-hybridized carbons (Fsp3) is 0.278. The minimum atomic E-state index is -0.678. The molecule has 0 unspecified atom stereocenters. The monoisotopic (exact) mass is 313 g/mol. The van der Waals surface area contributed by atoms with Gasteiger partial charge in [-0.2, -0.15) is 0 Å². The fourth-order valence-electron chi connectivity index (χ4n) is 1.88. The lowest BCUT2D eigenvalue weighted by Gasteiger charge is -2.19. The lowest BCUT2D eigenvalue weighted by molar-refractivity contribution is 0.0930. The van der Waals surface area contributed by atoms with E-state index in [1.54, 1.807) is 13.8 Å². The molecule has 0 radical (unpaired) electrons. The van der Waals surface area contributed by atoms with Crippen molar-refractivity contribution in [3.05, 3.63) is 52.2 Å². The number of terminal acetylenes is 1. The van der Waals surface area contributed by atoms with Crippen LogP contribution in [-0.2, 0) is 6.42 Å². The maximum atomic E-state index is 12.3. The van der Waals surface area contributed by atoms with Crippen LogP contribution >= 0.6 is 11.3 Å². The Kier molecular flexibility index (Phi) is 5.24. The number of rotatable bonds is 6. The molecule has 1 heterocycles. The first kappa shape index (κ1) is 16.1. The maximum Gasteiger partial charge on any atom is 0.266 e. The molecular formula is C18H19NO2S. The second-order valence-electron chi connectivity index (χ2n) is 5.42. The summed E-state index contributed by atoms with van der Waals surface area (Å²) in [5, 5.41) is 4.66. The first-order valence-electron chi connectivity index (χ1n) is 7.06. The van der Waals surface area contributed by atoms with Crippen LogP contribution < -0.4 is 10.1 Å². The zero-order valence-corrected chi connectivity index (χ0v) is 13.6. The zero-order valence-electron chi connectivity index (χ0n) is 12.8. The Labute approximate surface area is 135 Å². The third-order valence-corrected chi connectivity index (χ3v) is 4.01. The molecule has 1 N–H and O–H groups in total. The predicted molar refractivity (Wildman–Crippen MR) is 90.3 cm³/mol. The van der Waals surface area contributed by atoms with Gasteiger partial charge in [-0.25, -0.2) is 0 Å². The fourth-order valence-corrected chi connectivity index (χ4v) is 2.61. The Hall–Kier alpha value is -2.25. The lowest BCUT2D eigenvalue weighted by atomic mass is 10.1. The van der Waals surface area contributed by atoms with Crippen molar-refractivity contribution < 1.29 is 9.53 Å². The van der Waals surface area contributed by atoms with Gasteiger partial charge in [-0.15, -0.1) is 17.8 Å². The van der Waals surface area contributed by atoms with Crippen molar-refractivity contribution in [3.8, 4) is 18.1 Å². The molecule has 0 saturated carbocycles. The first-order chi connectivity index (χ1) is 10.5. The van der Waals surface area contributed by atoms with Gasteiger partial charge in [0.25, 0.3) is 5.91 Å². The van der Waals surface area contributed by atoms with Gasteiger partial charge >= 0.3 is 0 Å². The van der Waals surface area contributed by atoms with Crippen LogP contribution in [0, 0.1) is 12.3 Å². The standard InChI is InChI=1S/C18H19NO2S/c1-4-18(2,3)19-17(20)16-15(11-13-22-16)21-12-10-14-8-6-5-7-9-14/h1,5-9,11,13H,10,12H2,2-3H3,(H,19,20). The Bertz CT molecular complexity index is 668. The van der Waals surface area contributed by atoms with E-state index in [0.717, 1.165) is 6.42 Å². The van der Waals surface area contributed by atoms with E-state index in [2.05, 4.69) is 23.4 Å². The van der Waals surface area contributed by atoms with E-state index in [-0.39, 0.29) is 5.91 Å². The molecule has 22 heavy (non-hydrogen) atoms. The van der Waals surface area contributed by atoms with Crippen molar-refractivity contribution in [1.29, 1.82) is 0 Å². The molecule has 0 saturated heterocycles. The smallest absolute Gasteiger partial charge is 0.266 e. The predicted octanol–water partition coefficient (Wildman–Crippen LogP) is 3.51. The molecule has 0 aliphatic carbocycles. The van der Waals surface area contributed by atoms with E-state index < -0.39 is 5.54 Å². The average molecular weight is 313 g/mol. The molecule has 1 aromatic heterocycles. The number of benzene rings is 1. The third-order valence-electron chi connectivity index (χ3n) is 3.11. The number of carbonyl (C=O) groups excluding carboxylic acids is 1. The highest BCUT2D eigenvalue weighted by Crippen LogP contribution is 2.25. The minimum absolute atomic E-state index is 0.201. The summed E-state index contributed by atoms with van der Waals surface area (Å²) in [5.41, 5.74) is 0.528. The highest BCUT2D eigenvalue weighted by molar-refractivity contribution is 7.12. The maximum absolute atomic E-state index is 12.3. The first-order valence-corrected chi connectivity index (χ1v) is 7.94. The number of nitrogens with one attached hydrogen (secondary N) is 1. The van der Waals surface area contributed by atoms with Gasteiger partial charge in [-0.1, -0.05) is 36.3 Å². The van der Waals surface area contributed by atoms with Gasteiger partial charge in [-0.05, 0) is 30.9 Å². The van der Waals surface area contributed by atoms with Crippen LogP contribution in [0.25, 0.3) is 0 Å². The Morgan fingerprint density at radius 1 is 1.32 bits per heavy atom. The van der Waals surface area contributed by atoms with Crippen LogP contribution in [0.1, 0.15) is 29.1 Å². The Balaban J connectivity index is 1.95. The van der Waals surface area contributed by atoms with Crippen LogP contribution in [0.3, 0.4) is 0 Å². The summed E-state index contributed by atoms with van der Waals surface area (Å²) in [5.74, 6) is 2.95. The topological polar surface area (TPSA) is 38.3 Å². The molecule has 2 rings (SSSR count). The largest absolute Gasteiger partial charge is 0.492 e. The summed E-state index contributed by atoms with van der Waals surface area (Å²) in [6, 6.07) is 11.9. The molecule has 4 heteroatoms.